The van der Waals surface area contributed by atoms with Crippen LogP contribution in [0.1, 0.15) is 38.4 Å². The van der Waals surface area contributed by atoms with Crippen molar-refractivity contribution in [2.24, 2.45) is 5.73 Å². The quantitative estimate of drug-likeness (QED) is 0.740. The van der Waals surface area contributed by atoms with Crippen LogP contribution in [-0.4, -0.2) is 24.7 Å². The lowest BCUT2D eigenvalue weighted by Gasteiger charge is -2.21. The summed E-state index contributed by atoms with van der Waals surface area (Å²) in [6.07, 6.45) is 3.83. The molecule has 17 heavy (non-hydrogen) atoms. The number of nitrogens with zero attached hydrogens (tertiary/aromatic N) is 1. The standard InChI is InChI=1S/C13H22N2O2/c1-4-5-8-17-13(10(2)14)11-6-7-12(16-3)15-9-11/h6-7,9-10,13H,4-5,8,14H2,1-3H3. The average Bonchev–Trinajstić information content (AvgIpc) is 2.34. The van der Waals surface area contributed by atoms with Gasteiger partial charge in [-0.05, 0) is 19.4 Å². The first-order valence-electron chi connectivity index (χ1n) is 6.06. The first-order valence-corrected chi connectivity index (χ1v) is 6.06. The van der Waals surface area contributed by atoms with E-state index in [1.54, 1.807) is 13.3 Å². The van der Waals surface area contributed by atoms with Gasteiger partial charge in [-0.3, -0.25) is 0 Å². The largest absolute Gasteiger partial charge is 0.481 e. The second-order valence-corrected chi connectivity index (χ2v) is 4.14. The molecule has 2 N–H and O–H groups in total. The van der Waals surface area contributed by atoms with E-state index in [9.17, 15) is 0 Å². The van der Waals surface area contributed by atoms with E-state index in [-0.39, 0.29) is 12.1 Å². The molecule has 0 aliphatic rings. The summed E-state index contributed by atoms with van der Waals surface area (Å²) in [6.45, 7) is 4.81. The molecular formula is C13H22N2O2. The van der Waals surface area contributed by atoms with E-state index in [1.165, 1.54) is 0 Å². The number of hydrogen-bond donors (Lipinski definition) is 1. The Morgan fingerprint density at radius 2 is 2.18 bits per heavy atom. The van der Waals surface area contributed by atoms with Crippen molar-refractivity contribution in [3.63, 3.8) is 0 Å². The Hall–Kier alpha value is -1.13. The van der Waals surface area contributed by atoms with Crippen LogP contribution in [0.15, 0.2) is 18.3 Å². The molecule has 1 aromatic heterocycles. The number of nitrogens with two attached hydrogens (primary N) is 1. The third-order valence-corrected chi connectivity index (χ3v) is 2.57. The summed E-state index contributed by atoms with van der Waals surface area (Å²) in [5, 5.41) is 0. The van der Waals surface area contributed by atoms with Crippen molar-refractivity contribution >= 4 is 0 Å². The van der Waals surface area contributed by atoms with E-state index in [0.717, 1.165) is 25.0 Å². The highest BCUT2D eigenvalue weighted by atomic mass is 16.5. The van der Waals surface area contributed by atoms with Crippen molar-refractivity contribution in [1.29, 1.82) is 0 Å². The average molecular weight is 238 g/mol. The highest BCUT2D eigenvalue weighted by Crippen LogP contribution is 2.21. The monoisotopic (exact) mass is 238 g/mol. The van der Waals surface area contributed by atoms with E-state index < -0.39 is 0 Å². The van der Waals surface area contributed by atoms with E-state index in [4.69, 9.17) is 15.2 Å². The van der Waals surface area contributed by atoms with Gasteiger partial charge in [-0.15, -0.1) is 0 Å². The predicted molar refractivity (Wildman–Crippen MR) is 68.0 cm³/mol. The number of hydrogen-bond acceptors (Lipinski definition) is 4. The van der Waals surface area contributed by atoms with Crippen molar-refractivity contribution in [2.75, 3.05) is 13.7 Å². The fourth-order valence-electron chi connectivity index (χ4n) is 1.59. The number of aromatic nitrogens is 1. The van der Waals surface area contributed by atoms with Gasteiger partial charge < -0.3 is 15.2 Å². The van der Waals surface area contributed by atoms with Gasteiger partial charge in [0.25, 0.3) is 0 Å². The molecule has 4 heteroatoms. The Labute approximate surface area is 103 Å². The van der Waals surface area contributed by atoms with Gasteiger partial charge in [-0.25, -0.2) is 4.98 Å². The van der Waals surface area contributed by atoms with Crippen LogP contribution in [0, 0.1) is 0 Å². The molecule has 1 heterocycles. The first-order chi connectivity index (χ1) is 8.19. The van der Waals surface area contributed by atoms with Crippen molar-refractivity contribution in [1.82, 2.24) is 4.98 Å². The molecule has 0 aromatic carbocycles. The smallest absolute Gasteiger partial charge is 0.212 e. The van der Waals surface area contributed by atoms with Gasteiger partial charge in [0.05, 0.1) is 13.2 Å². The summed E-state index contributed by atoms with van der Waals surface area (Å²) in [6, 6.07) is 3.72. The van der Waals surface area contributed by atoms with Gasteiger partial charge >= 0.3 is 0 Å². The highest BCUT2D eigenvalue weighted by molar-refractivity contribution is 5.20. The third kappa shape index (κ3) is 4.32. The summed E-state index contributed by atoms with van der Waals surface area (Å²) >= 11 is 0. The Morgan fingerprint density at radius 1 is 1.41 bits per heavy atom. The SMILES string of the molecule is CCCCOC(c1ccc(OC)nc1)C(C)N. The van der Waals surface area contributed by atoms with Crippen LogP contribution in [0.2, 0.25) is 0 Å². The fourth-order valence-corrected chi connectivity index (χ4v) is 1.59. The molecule has 1 aromatic rings. The number of unbranched alkanes of at least 4 members (excludes halogenated alkanes) is 1. The van der Waals surface area contributed by atoms with Crippen molar-refractivity contribution < 1.29 is 9.47 Å². The minimum Gasteiger partial charge on any atom is -0.481 e. The number of ether oxygens (including phenoxy) is 2. The molecule has 2 unspecified atom stereocenters. The zero-order valence-electron chi connectivity index (χ0n) is 10.8. The number of rotatable bonds is 7. The summed E-state index contributed by atoms with van der Waals surface area (Å²) in [5.41, 5.74) is 6.93. The van der Waals surface area contributed by atoms with Crippen LogP contribution >= 0.6 is 0 Å². The second kappa shape index (κ2) is 7.25. The number of pyridine rings is 1. The first kappa shape index (κ1) is 13.9. The molecule has 96 valence electrons. The van der Waals surface area contributed by atoms with E-state index >= 15 is 0 Å². The molecule has 0 amide bonds. The normalized spacial score (nSPS) is 14.4. The van der Waals surface area contributed by atoms with Crippen molar-refractivity contribution in [3.8, 4) is 5.88 Å². The van der Waals surface area contributed by atoms with Crippen LogP contribution < -0.4 is 10.5 Å². The molecule has 4 nitrogen and oxygen atoms in total. The van der Waals surface area contributed by atoms with Crippen LogP contribution in [0.5, 0.6) is 5.88 Å². The maximum Gasteiger partial charge on any atom is 0.212 e. The summed E-state index contributed by atoms with van der Waals surface area (Å²) in [7, 11) is 1.60. The molecule has 0 spiro atoms. The lowest BCUT2D eigenvalue weighted by Crippen LogP contribution is -2.27. The van der Waals surface area contributed by atoms with Gasteiger partial charge in [0.1, 0.15) is 0 Å². The molecule has 0 saturated carbocycles. The predicted octanol–water partition coefficient (Wildman–Crippen LogP) is 2.30. The maximum atomic E-state index is 5.94. The van der Waals surface area contributed by atoms with Crippen LogP contribution in [0.3, 0.4) is 0 Å². The van der Waals surface area contributed by atoms with Gasteiger partial charge in [0.2, 0.25) is 5.88 Å². The van der Waals surface area contributed by atoms with Crippen LogP contribution in [-0.2, 0) is 4.74 Å². The van der Waals surface area contributed by atoms with Crippen LogP contribution in [0.4, 0.5) is 0 Å². The molecule has 0 saturated heterocycles. The number of methoxy groups -OCH3 is 1. The van der Waals surface area contributed by atoms with Crippen LogP contribution in [0.25, 0.3) is 0 Å². The van der Waals surface area contributed by atoms with Crippen molar-refractivity contribution in [2.45, 2.75) is 38.8 Å². The Kier molecular flexibility index (Phi) is 5.94. The molecule has 1 rings (SSSR count). The minimum absolute atomic E-state index is 0.0537. The van der Waals surface area contributed by atoms with Gasteiger partial charge in [-0.1, -0.05) is 13.3 Å². The molecular weight excluding hydrogens is 216 g/mol. The Morgan fingerprint density at radius 3 is 2.65 bits per heavy atom. The lowest BCUT2D eigenvalue weighted by molar-refractivity contribution is 0.0363. The topological polar surface area (TPSA) is 57.4 Å². The molecule has 2 atom stereocenters. The molecule has 0 aliphatic heterocycles. The summed E-state index contributed by atoms with van der Waals surface area (Å²) in [4.78, 5) is 4.17. The van der Waals surface area contributed by atoms with Gasteiger partial charge in [0, 0.05) is 30.5 Å². The molecule has 0 fully saturated rings. The minimum atomic E-state index is -0.0973. The fraction of sp³-hybridized carbons (Fsp3) is 0.615. The maximum absolute atomic E-state index is 5.94. The molecule has 0 bridgehead atoms. The zero-order valence-corrected chi connectivity index (χ0v) is 10.8. The van der Waals surface area contributed by atoms with E-state index in [0.29, 0.717) is 5.88 Å². The van der Waals surface area contributed by atoms with Crippen molar-refractivity contribution in [3.05, 3.63) is 23.9 Å². The highest BCUT2D eigenvalue weighted by Gasteiger charge is 2.17. The lowest BCUT2D eigenvalue weighted by atomic mass is 10.1. The molecule has 0 aliphatic carbocycles. The molecule has 0 radical (unpaired) electrons. The second-order valence-electron chi connectivity index (χ2n) is 4.14. The van der Waals surface area contributed by atoms with E-state index in [1.807, 2.05) is 19.1 Å². The zero-order chi connectivity index (χ0) is 12.7. The Balaban J connectivity index is 2.68. The van der Waals surface area contributed by atoms with Gasteiger partial charge in [0.15, 0.2) is 0 Å². The third-order valence-electron chi connectivity index (χ3n) is 2.57. The Bertz CT molecular complexity index is 312. The summed E-state index contributed by atoms with van der Waals surface area (Å²) in [5.74, 6) is 0.603. The van der Waals surface area contributed by atoms with Gasteiger partial charge in [-0.2, -0.15) is 0 Å². The van der Waals surface area contributed by atoms with E-state index in [2.05, 4.69) is 11.9 Å². The summed E-state index contributed by atoms with van der Waals surface area (Å²) < 4.78 is 10.8.